The molecule has 8 heteroatoms. The largest absolute Gasteiger partial charge is 0.480 e. The maximum absolute atomic E-state index is 6.51. The lowest BCUT2D eigenvalue weighted by atomic mass is 10.1. The van der Waals surface area contributed by atoms with Gasteiger partial charge in [0.15, 0.2) is 5.82 Å². The van der Waals surface area contributed by atoms with Gasteiger partial charge in [0.1, 0.15) is 5.02 Å². The zero-order chi connectivity index (χ0) is 18.4. The third-order valence-corrected chi connectivity index (χ3v) is 5.85. The highest BCUT2D eigenvalue weighted by molar-refractivity contribution is 6.34. The van der Waals surface area contributed by atoms with Crippen LogP contribution in [0.15, 0.2) is 23.2 Å². The topological polar surface area (TPSA) is 74.7 Å². The van der Waals surface area contributed by atoms with Crippen molar-refractivity contribution in [3.05, 3.63) is 34.3 Å². The minimum absolute atomic E-state index is 0.387. The van der Waals surface area contributed by atoms with E-state index in [-0.39, 0.29) is 0 Å². The number of aliphatic imine (C=N–C) groups is 1. The number of anilines is 3. The summed E-state index contributed by atoms with van der Waals surface area (Å²) in [5.74, 6) is 1.63. The van der Waals surface area contributed by atoms with Crippen LogP contribution in [0.2, 0.25) is 5.02 Å². The maximum atomic E-state index is 6.51. The lowest BCUT2D eigenvalue weighted by Crippen LogP contribution is -2.52. The SMILES string of the molecule is COc1nc(N2C3CCC2CNC3)nc(Nc2ccc3c(c2)C=NC3)c1Cl. The van der Waals surface area contributed by atoms with Gasteiger partial charge in [-0.3, -0.25) is 4.99 Å². The van der Waals surface area contributed by atoms with Gasteiger partial charge in [-0.15, -0.1) is 0 Å². The highest BCUT2D eigenvalue weighted by atomic mass is 35.5. The van der Waals surface area contributed by atoms with Crippen molar-refractivity contribution in [1.29, 1.82) is 0 Å². The van der Waals surface area contributed by atoms with E-state index in [9.17, 15) is 0 Å². The normalized spacial score (nSPS) is 22.8. The minimum atomic E-state index is 0.387. The van der Waals surface area contributed by atoms with Crippen molar-refractivity contribution in [2.45, 2.75) is 31.5 Å². The Labute approximate surface area is 162 Å². The van der Waals surface area contributed by atoms with Crippen LogP contribution < -0.4 is 20.3 Å². The van der Waals surface area contributed by atoms with Crippen LogP contribution in [0.4, 0.5) is 17.5 Å². The maximum Gasteiger partial charge on any atom is 0.239 e. The molecule has 0 aliphatic carbocycles. The second-order valence-corrected chi connectivity index (χ2v) is 7.53. The molecule has 0 spiro atoms. The Morgan fingerprint density at radius 3 is 2.81 bits per heavy atom. The molecule has 27 heavy (non-hydrogen) atoms. The average Bonchev–Trinajstić information content (AvgIpc) is 3.24. The molecule has 4 heterocycles. The van der Waals surface area contributed by atoms with Gasteiger partial charge in [0, 0.05) is 37.1 Å². The quantitative estimate of drug-likeness (QED) is 0.844. The van der Waals surface area contributed by atoms with Crippen LogP contribution in [0.5, 0.6) is 5.88 Å². The van der Waals surface area contributed by atoms with Crippen LogP contribution in [-0.2, 0) is 6.54 Å². The van der Waals surface area contributed by atoms with E-state index >= 15 is 0 Å². The van der Waals surface area contributed by atoms with E-state index in [0.29, 0.717) is 34.8 Å². The summed E-state index contributed by atoms with van der Waals surface area (Å²) in [6.45, 7) is 2.66. The van der Waals surface area contributed by atoms with Gasteiger partial charge in [0.25, 0.3) is 0 Å². The fraction of sp³-hybridized carbons (Fsp3) is 0.421. The summed E-state index contributed by atoms with van der Waals surface area (Å²) in [5.41, 5.74) is 3.27. The van der Waals surface area contributed by atoms with E-state index in [1.807, 2.05) is 12.3 Å². The first-order valence-electron chi connectivity index (χ1n) is 9.23. The van der Waals surface area contributed by atoms with E-state index in [4.69, 9.17) is 21.3 Å². The number of rotatable bonds is 4. The second-order valence-electron chi connectivity index (χ2n) is 7.15. The lowest BCUT2D eigenvalue weighted by Gasteiger charge is -2.35. The molecular weight excluding hydrogens is 364 g/mol. The summed E-state index contributed by atoms with van der Waals surface area (Å²) in [5, 5.41) is 7.21. The number of piperazine rings is 1. The number of hydrogen-bond acceptors (Lipinski definition) is 7. The van der Waals surface area contributed by atoms with Gasteiger partial charge in [-0.05, 0) is 36.1 Å². The van der Waals surface area contributed by atoms with Crippen LogP contribution in [0.3, 0.4) is 0 Å². The number of ether oxygens (including phenoxy) is 1. The number of aromatic nitrogens is 2. The Balaban J connectivity index is 1.51. The average molecular weight is 385 g/mol. The molecule has 3 aliphatic heterocycles. The number of halogens is 1. The first kappa shape index (κ1) is 16.8. The van der Waals surface area contributed by atoms with Crippen LogP contribution in [0.1, 0.15) is 24.0 Å². The molecule has 2 N–H and O–H groups in total. The highest BCUT2D eigenvalue weighted by Gasteiger charge is 2.38. The van der Waals surface area contributed by atoms with Crippen molar-refractivity contribution in [3.8, 4) is 5.88 Å². The van der Waals surface area contributed by atoms with Crippen LogP contribution in [-0.4, -0.2) is 48.5 Å². The van der Waals surface area contributed by atoms with Gasteiger partial charge in [0.05, 0.1) is 13.7 Å². The number of benzene rings is 1. The monoisotopic (exact) mass is 384 g/mol. The molecule has 7 nitrogen and oxygen atoms in total. The summed E-state index contributed by atoms with van der Waals surface area (Å²) in [6, 6.07) is 6.99. The predicted molar refractivity (Wildman–Crippen MR) is 107 cm³/mol. The third-order valence-electron chi connectivity index (χ3n) is 5.51. The second kappa shape index (κ2) is 6.65. The Kier molecular flexibility index (Phi) is 4.13. The number of nitrogens with one attached hydrogen (secondary N) is 2. The molecule has 3 aliphatic rings. The predicted octanol–water partition coefficient (Wildman–Crippen LogP) is 2.76. The molecule has 1 aromatic heterocycles. The summed E-state index contributed by atoms with van der Waals surface area (Å²) >= 11 is 6.51. The molecule has 2 saturated heterocycles. The molecule has 2 bridgehead atoms. The van der Waals surface area contributed by atoms with Crippen molar-refractivity contribution >= 4 is 35.3 Å². The number of fused-ring (bicyclic) bond motifs is 3. The van der Waals surface area contributed by atoms with E-state index < -0.39 is 0 Å². The zero-order valence-corrected chi connectivity index (χ0v) is 15.8. The number of methoxy groups -OCH3 is 1. The van der Waals surface area contributed by atoms with Crippen LogP contribution in [0.25, 0.3) is 0 Å². The first-order chi connectivity index (χ1) is 13.2. The molecule has 2 fully saturated rings. The molecule has 1 aromatic carbocycles. The fourth-order valence-corrected chi connectivity index (χ4v) is 4.38. The molecule has 0 radical (unpaired) electrons. The summed E-state index contributed by atoms with van der Waals surface area (Å²) in [6.07, 6.45) is 4.20. The van der Waals surface area contributed by atoms with E-state index in [1.54, 1.807) is 7.11 Å². The van der Waals surface area contributed by atoms with Crippen molar-refractivity contribution in [1.82, 2.24) is 15.3 Å². The molecule has 0 amide bonds. The smallest absolute Gasteiger partial charge is 0.239 e. The lowest BCUT2D eigenvalue weighted by molar-refractivity contribution is 0.395. The fourth-order valence-electron chi connectivity index (χ4n) is 4.17. The van der Waals surface area contributed by atoms with Crippen molar-refractivity contribution in [3.63, 3.8) is 0 Å². The van der Waals surface area contributed by atoms with Crippen LogP contribution >= 0.6 is 11.6 Å². The first-order valence-corrected chi connectivity index (χ1v) is 9.61. The Bertz CT molecular complexity index is 901. The minimum Gasteiger partial charge on any atom is -0.480 e. The number of hydrogen-bond donors (Lipinski definition) is 2. The van der Waals surface area contributed by atoms with Gasteiger partial charge in [-0.1, -0.05) is 17.7 Å². The number of nitrogens with zero attached hydrogens (tertiary/aromatic N) is 4. The molecular formula is C19H21ClN6O. The Morgan fingerprint density at radius 2 is 2.04 bits per heavy atom. The third kappa shape index (κ3) is 2.91. The van der Waals surface area contributed by atoms with Gasteiger partial charge in [-0.25, -0.2) is 0 Å². The van der Waals surface area contributed by atoms with Gasteiger partial charge >= 0.3 is 0 Å². The summed E-state index contributed by atoms with van der Waals surface area (Å²) in [7, 11) is 1.58. The molecule has 5 rings (SSSR count). The molecule has 2 unspecified atom stereocenters. The van der Waals surface area contributed by atoms with E-state index in [0.717, 1.165) is 43.7 Å². The van der Waals surface area contributed by atoms with Crippen molar-refractivity contribution in [2.24, 2.45) is 4.99 Å². The molecule has 2 atom stereocenters. The van der Waals surface area contributed by atoms with Gasteiger partial charge < -0.3 is 20.3 Å². The van der Waals surface area contributed by atoms with Gasteiger partial charge in [0.2, 0.25) is 11.8 Å². The van der Waals surface area contributed by atoms with E-state index in [1.165, 1.54) is 5.56 Å². The van der Waals surface area contributed by atoms with E-state index in [2.05, 4.69) is 37.6 Å². The highest BCUT2D eigenvalue weighted by Crippen LogP contribution is 2.37. The van der Waals surface area contributed by atoms with Crippen molar-refractivity contribution in [2.75, 3.05) is 30.4 Å². The summed E-state index contributed by atoms with van der Waals surface area (Å²) < 4.78 is 5.43. The van der Waals surface area contributed by atoms with Crippen molar-refractivity contribution < 1.29 is 4.74 Å². The van der Waals surface area contributed by atoms with Crippen LogP contribution in [0, 0.1) is 0 Å². The molecule has 0 saturated carbocycles. The molecule has 2 aromatic rings. The van der Waals surface area contributed by atoms with Gasteiger partial charge in [-0.2, -0.15) is 9.97 Å². The zero-order valence-electron chi connectivity index (χ0n) is 15.1. The Morgan fingerprint density at radius 1 is 1.22 bits per heavy atom. The molecule has 140 valence electrons. The standard InChI is InChI=1S/C19H21ClN6O/c1-27-18-16(20)17(23-13-3-2-11-7-21-8-12(11)6-13)24-19(25-18)26-14-4-5-15(26)10-22-9-14/h2-3,6,8,14-15,22H,4-5,7,9-10H2,1H3,(H,23,24,25). The Hall–Kier alpha value is -2.38. The summed E-state index contributed by atoms with van der Waals surface area (Å²) in [4.78, 5) is 16.0.